The quantitative estimate of drug-likeness (QED) is 0.819. The van der Waals surface area contributed by atoms with Crippen molar-refractivity contribution in [3.8, 4) is 17.3 Å². The van der Waals surface area contributed by atoms with Crippen LogP contribution in [0.25, 0.3) is 11.5 Å². The predicted octanol–water partition coefficient (Wildman–Crippen LogP) is 0.579. The molecule has 1 aliphatic rings. The van der Waals surface area contributed by atoms with E-state index in [1.54, 1.807) is 6.07 Å². The molecule has 0 aromatic carbocycles. The Bertz CT molecular complexity index is 559. The highest BCUT2D eigenvalue weighted by atomic mass is 16.5. The van der Waals surface area contributed by atoms with E-state index in [-0.39, 0.29) is 0 Å². The maximum Gasteiger partial charge on any atom is 0.254 e. The van der Waals surface area contributed by atoms with Gasteiger partial charge in [-0.25, -0.2) is 4.98 Å². The first-order valence-corrected chi connectivity index (χ1v) is 5.29. The molecule has 0 fully saturated rings. The van der Waals surface area contributed by atoms with Gasteiger partial charge in [0.25, 0.3) is 5.88 Å². The maximum absolute atomic E-state index is 6.04. The Morgan fingerprint density at radius 3 is 2.94 bits per heavy atom. The molecule has 0 saturated carbocycles. The summed E-state index contributed by atoms with van der Waals surface area (Å²) in [6.07, 6.45) is 0. The lowest BCUT2D eigenvalue weighted by atomic mass is 10.3. The summed E-state index contributed by atoms with van der Waals surface area (Å²) in [5.41, 5.74) is 6.66. The van der Waals surface area contributed by atoms with Crippen LogP contribution >= 0.6 is 0 Å². The number of anilines is 2. The molecule has 7 nitrogen and oxygen atoms in total. The zero-order valence-corrected chi connectivity index (χ0v) is 9.67. The highest BCUT2D eigenvalue weighted by molar-refractivity contribution is 5.70. The molecule has 3 heterocycles. The molecule has 0 atom stereocenters. The number of rotatable bonds is 2. The van der Waals surface area contributed by atoms with Crippen molar-refractivity contribution in [2.75, 3.05) is 31.3 Å². The summed E-state index contributed by atoms with van der Waals surface area (Å²) < 4.78 is 12.1. The first-order valence-electron chi connectivity index (χ1n) is 5.29. The summed E-state index contributed by atoms with van der Waals surface area (Å²) in [6, 6.07) is 1.68. The van der Waals surface area contributed by atoms with E-state index in [9.17, 15) is 0 Å². The second kappa shape index (κ2) is 3.41. The summed E-state index contributed by atoms with van der Waals surface area (Å²) in [6.45, 7) is 1.77. The molecule has 17 heavy (non-hydrogen) atoms. The minimum absolute atomic E-state index is 0.418. The molecule has 0 amide bonds. The number of nitrogens with two attached hydrogens (primary N) is 1. The SMILES string of the molecule is COc1cc(-c2nc3n(c2N)CCN3C)on1. The van der Waals surface area contributed by atoms with Crippen LogP contribution in [-0.2, 0) is 6.54 Å². The van der Waals surface area contributed by atoms with Gasteiger partial charge in [-0.05, 0) is 5.16 Å². The van der Waals surface area contributed by atoms with Gasteiger partial charge in [-0.15, -0.1) is 0 Å². The van der Waals surface area contributed by atoms with Crippen molar-refractivity contribution in [1.29, 1.82) is 0 Å². The standard InChI is InChI=1S/C10H13N5O2/c1-14-3-4-15-9(11)8(12-10(14)15)6-5-7(16-2)13-17-6/h5H,3-4,11H2,1-2H3. The molecule has 2 aromatic heterocycles. The largest absolute Gasteiger partial charge is 0.479 e. The Labute approximate surface area is 97.8 Å². The molecule has 0 spiro atoms. The highest BCUT2D eigenvalue weighted by Crippen LogP contribution is 2.33. The molecule has 3 rings (SSSR count). The zero-order valence-electron chi connectivity index (χ0n) is 9.67. The van der Waals surface area contributed by atoms with Crippen molar-refractivity contribution >= 4 is 11.8 Å². The Hall–Kier alpha value is -2.18. The lowest BCUT2D eigenvalue weighted by molar-refractivity contribution is 0.342. The van der Waals surface area contributed by atoms with E-state index < -0.39 is 0 Å². The van der Waals surface area contributed by atoms with Crippen LogP contribution < -0.4 is 15.4 Å². The van der Waals surface area contributed by atoms with Crippen LogP contribution in [0.5, 0.6) is 5.88 Å². The second-order valence-electron chi connectivity index (χ2n) is 3.95. The zero-order chi connectivity index (χ0) is 12.0. The molecule has 0 aliphatic carbocycles. The van der Waals surface area contributed by atoms with Gasteiger partial charge in [-0.1, -0.05) is 0 Å². The fourth-order valence-electron chi connectivity index (χ4n) is 1.96. The fraction of sp³-hybridized carbons (Fsp3) is 0.400. The number of imidazole rings is 1. The molecule has 7 heteroatoms. The molecular formula is C10H13N5O2. The maximum atomic E-state index is 6.04. The number of methoxy groups -OCH3 is 1. The number of nitrogen functional groups attached to an aromatic ring is 1. The van der Waals surface area contributed by atoms with Crippen LogP contribution in [0.4, 0.5) is 11.8 Å². The summed E-state index contributed by atoms with van der Waals surface area (Å²) >= 11 is 0. The molecule has 0 unspecified atom stereocenters. The summed E-state index contributed by atoms with van der Waals surface area (Å²) in [7, 11) is 3.52. The van der Waals surface area contributed by atoms with Gasteiger partial charge >= 0.3 is 0 Å². The van der Waals surface area contributed by atoms with Gasteiger partial charge in [0.1, 0.15) is 5.82 Å². The smallest absolute Gasteiger partial charge is 0.254 e. The van der Waals surface area contributed by atoms with Gasteiger partial charge in [0.15, 0.2) is 11.5 Å². The van der Waals surface area contributed by atoms with Crippen LogP contribution in [0.1, 0.15) is 0 Å². The number of fused-ring (bicyclic) bond motifs is 1. The Balaban J connectivity index is 2.07. The minimum atomic E-state index is 0.418. The molecular weight excluding hydrogens is 222 g/mol. The van der Waals surface area contributed by atoms with E-state index in [4.69, 9.17) is 15.0 Å². The van der Waals surface area contributed by atoms with Crippen molar-refractivity contribution < 1.29 is 9.26 Å². The van der Waals surface area contributed by atoms with Gasteiger partial charge in [0.2, 0.25) is 5.95 Å². The topological polar surface area (TPSA) is 82.3 Å². The van der Waals surface area contributed by atoms with Gasteiger partial charge in [-0.3, -0.25) is 4.57 Å². The third kappa shape index (κ3) is 1.35. The van der Waals surface area contributed by atoms with Gasteiger partial charge in [0.05, 0.1) is 13.2 Å². The number of aromatic nitrogens is 3. The monoisotopic (exact) mass is 235 g/mol. The third-order valence-electron chi connectivity index (χ3n) is 2.92. The lowest BCUT2D eigenvalue weighted by Crippen LogP contribution is -2.13. The van der Waals surface area contributed by atoms with E-state index in [2.05, 4.69) is 10.1 Å². The van der Waals surface area contributed by atoms with E-state index in [0.717, 1.165) is 19.0 Å². The van der Waals surface area contributed by atoms with Gasteiger partial charge in [0, 0.05) is 20.1 Å². The van der Waals surface area contributed by atoms with Crippen molar-refractivity contribution in [1.82, 2.24) is 14.7 Å². The van der Waals surface area contributed by atoms with E-state index in [1.807, 2.05) is 16.5 Å². The van der Waals surface area contributed by atoms with E-state index in [0.29, 0.717) is 23.2 Å². The average molecular weight is 235 g/mol. The van der Waals surface area contributed by atoms with Crippen molar-refractivity contribution in [3.63, 3.8) is 0 Å². The molecule has 90 valence electrons. The number of hydrogen-bond acceptors (Lipinski definition) is 6. The fourth-order valence-corrected chi connectivity index (χ4v) is 1.96. The van der Waals surface area contributed by atoms with E-state index in [1.165, 1.54) is 7.11 Å². The van der Waals surface area contributed by atoms with Gasteiger partial charge < -0.3 is 19.9 Å². The van der Waals surface area contributed by atoms with Crippen molar-refractivity contribution in [2.24, 2.45) is 0 Å². The summed E-state index contributed by atoms with van der Waals surface area (Å²) in [4.78, 5) is 6.51. The van der Waals surface area contributed by atoms with Crippen molar-refractivity contribution in [2.45, 2.75) is 6.54 Å². The number of ether oxygens (including phenoxy) is 1. The number of nitrogens with zero attached hydrogens (tertiary/aromatic N) is 4. The molecule has 0 radical (unpaired) electrons. The number of hydrogen-bond donors (Lipinski definition) is 1. The number of likely N-dealkylation sites (N-methyl/N-ethyl adjacent to an activating group) is 1. The van der Waals surface area contributed by atoms with Crippen LogP contribution in [0.15, 0.2) is 10.6 Å². The molecule has 2 aromatic rings. The normalized spacial score (nSPS) is 14.1. The van der Waals surface area contributed by atoms with Crippen LogP contribution in [0, 0.1) is 0 Å². The van der Waals surface area contributed by atoms with Gasteiger partial charge in [-0.2, -0.15) is 0 Å². The molecule has 0 bridgehead atoms. The highest BCUT2D eigenvalue weighted by Gasteiger charge is 2.25. The van der Waals surface area contributed by atoms with Crippen LogP contribution in [-0.4, -0.2) is 35.4 Å². The summed E-state index contributed by atoms with van der Waals surface area (Å²) in [5.74, 6) is 2.39. The van der Waals surface area contributed by atoms with Crippen LogP contribution in [0.3, 0.4) is 0 Å². The second-order valence-corrected chi connectivity index (χ2v) is 3.95. The van der Waals surface area contributed by atoms with Crippen LogP contribution in [0.2, 0.25) is 0 Å². The average Bonchev–Trinajstić information content (AvgIpc) is 2.98. The first kappa shape index (κ1) is 10.0. The molecule has 0 saturated heterocycles. The Morgan fingerprint density at radius 1 is 1.47 bits per heavy atom. The third-order valence-corrected chi connectivity index (χ3v) is 2.92. The minimum Gasteiger partial charge on any atom is -0.479 e. The van der Waals surface area contributed by atoms with E-state index >= 15 is 0 Å². The molecule has 1 aliphatic heterocycles. The summed E-state index contributed by atoms with van der Waals surface area (Å²) in [5, 5.41) is 3.74. The molecule has 2 N–H and O–H groups in total. The predicted molar refractivity (Wildman–Crippen MR) is 62.0 cm³/mol. The Kier molecular flexibility index (Phi) is 2.01. The first-order chi connectivity index (χ1) is 8.20. The Morgan fingerprint density at radius 2 is 2.29 bits per heavy atom. The lowest BCUT2D eigenvalue weighted by Gasteiger charge is -2.05. The van der Waals surface area contributed by atoms with Crippen molar-refractivity contribution in [3.05, 3.63) is 6.07 Å².